The molecule has 2 rings (SSSR count). The van der Waals surface area contributed by atoms with Crippen LogP contribution in [0, 0.1) is 0 Å². The molecule has 0 aliphatic heterocycles. The van der Waals surface area contributed by atoms with Crippen LogP contribution in [0.5, 0.6) is 5.75 Å². The van der Waals surface area contributed by atoms with Crippen molar-refractivity contribution in [2.24, 2.45) is 0 Å². The van der Waals surface area contributed by atoms with Gasteiger partial charge in [0.2, 0.25) is 0 Å². The first-order valence-electron chi connectivity index (χ1n) is 6.22. The summed E-state index contributed by atoms with van der Waals surface area (Å²) in [5.74, 6) is 0.874. The minimum atomic E-state index is 0.206. The molecule has 0 spiro atoms. The molecule has 18 heavy (non-hydrogen) atoms. The molecule has 1 heterocycles. The number of aromatic nitrogens is 2. The van der Waals surface area contributed by atoms with Gasteiger partial charge < -0.3 is 15.0 Å². The van der Waals surface area contributed by atoms with E-state index in [1.807, 2.05) is 36.8 Å². The van der Waals surface area contributed by atoms with Crippen molar-refractivity contribution in [3.05, 3.63) is 43.0 Å². The van der Waals surface area contributed by atoms with Crippen molar-refractivity contribution in [3.8, 4) is 5.75 Å². The van der Waals surface area contributed by atoms with Crippen LogP contribution in [0.3, 0.4) is 0 Å². The summed E-state index contributed by atoms with van der Waals surface area (Å²) in [5.41, 5.74) is 6.39. The molecule has 0 aliphatic carbocycles. The second-order valence-electron chi connectivity index (χ2n) is 4.44. The molecule has 1 atom stereocenters. The van der Waals surface area contributed by atoms with E-state index in [4.69, 9.17) is 10.5 Å². The Kier molecular flexibility index (Phi) is 4.23. The lowest BCUT2D eigenvalue weighted by molar-refractivity contribution is 0.205. The summed E-state index contributed by atoms with van der Waals surface area (Å²) in [5, 5.41) is 0. The maximum atomic E-state index is 5.81. The molecule has 1 aromatic carbocycles. The minimum absolute atomic E-state index is 0.206. The molecule has 0 saturated carbocycles. The van der Waals surface area contributed by atoms with E-state index in [9.17, 15) is 0 Å². The molecule has 0 aliphatic rings. The number of nitrogens with zero attached hydrogens (tertiary/aromatic N) is 2. The van der Waals surface area contributed by atoms with E-state index in [0.29, 0.717) is 0 Å². The fraction of sp³-hybridized carbons (Fsp3) is 0.357. The van der Waals surface area contributed by atoms with Crippen LogP contribution in [0.15, 0.2) is 43.0 Å². The quantitative estimate of drug-likeness (QED) is 0.796. The van der Waals surface area contributed by atoms with Crippen LogP contribution in [0.4, 0.5) is 5.69 Å². The van der Waals surface area contributed by atoms with Crippen molar-refractivity contribution >= 4 is 5.69 Å². The number of hydrogen-bond acceptors (Lipinski definition) is 3. The van der Waals surface area contributed by atoms with Crippen LogP contribution in [-0.2, 0) is 6.54 Å². The van der Waals surface area contributed by atoms with E-state index >= 15 is 0 Å². The first-order valence-corrected chi connectivity index (χ1v) is 6.22. The van der Waals surface area contributed by atoms with Crippen LogP contribution in [0.2, 0.25) is 0 Å². The van der Waals surface area contributed by atoms with Gasteiger partial charge in [-0.1, -0.05) is 0 Å². The Balaban J connectivity index is 1.71. The molecule has 0 bridgehead atoms. The van der Waals surface area contributed by atoms with Gasteiger partial charge in [0.15, 0.2) is 0 Å². The molecule has 0 radical (unpaired) electrons. The van der Waals surface area contributed by atoms with E-state index in [-0.39, 0.29) is 6.10 Å². The second-order valence-corrected chi connectivity index (χ2v) is 4.44. The van der Waals surface area contributed by atoms with Gasteiger partial charge in [0.05, 0.1) is 12.4 Å². The number of imidazole rings is 1. The fourth-order valence-electron chi connectivity index (χ4n) is 1.82. The lowest BCUT2D eigenvalue weighted by Crippen LogP contribution is -2.12. The lowest BCUT2D eigenvalue weighted by atomic mass is 10.2. The summed E-state index contributed by atoms with van der Waals surface area (Å²) in [4.78, 5) is 4.02. The Labute approximate surface area is 107 Å². The zero-order chi connectivity index (χ0) is 12.8. The Morgan fingerprint density at radius 3 is 2.78 bits per heavy atom. The Morgan fingerprint density at radius 1 is 1.33 bits per heavy atom. The van der Waals surface area contributed by atoms with E-state index in [1.165, 1.54) is 0 Å². The second kappa shape index (κ2) is 6.10. The van der Waals surface area contributed by atoms with Gasteiger partial charge in [-0.3, -0.25) is 0 Å². The van der Waals surface area contributed by atoms with Gasteiger partial charge >= 0.3 is 0 Å². The summed E-state index contributed by atoms with van der Waals surface area (Å²) in [6, 6.07) is 7.52. The Hall–Kier alpha value is -1.97. The van der Waals surface area contributed by atoms with Crippen molar-refractivity contribution in [2.45, 2.75) is 32.4 Å². The third-order valence-corrected chi connectivity index (χ3v) is 2.80. The number of rotatable bonds is 6. The average Bonchev–Trinajstić information content (AvgIpc) is 2.85. The predicted molar refractivity (Wildman–Crippen MR) is 72.4 cm³/mol. The van der Waals surface area contributed by atoms with Gasteiger partial charge in [0.1, 0.15) is 5.75 Å². The van der Waals surface area contributed by atoms with Gasteiger partial charge in [0, 0.05) is 24.6 Å². The highest BCUT2D eigenvalue weighted by Crippen LogP contribution is 2.16. The topological polar surface area (TPSA) is 53.1 Å². The van der Waals surface area contributed by atoms with E-state index in [1.54, 1.807) is 6.20 Å². The zero-order valence-electron chi connectivity index (χ0n) is 10.6. The third kappa shape index (κ3) is 3.80. The smallest absolute Gasteiger partial charge is 0.119 e. The Bertz CT molecular complexity index is 450. The fourth-order valence-corrected chi connectivity index (χ4v) is 1.82. The summed E-state index contributed by atoms with van der Waals surface area (Å²) in [7, 11) is 0. The highest BCUT2D eigenvalue weighted by Gasteiger charge is 2.04. The highest BCUT2D eigenvalue weighted by atomic mass is 16.5. The molecule has 2 aromatic rings. The third-order valence-electron chi connectivity index (χ3n) is 2.80. The lowest BCUT2D eigenvalue weighted by Gasteiger charge is -2.14. The Morgan fingerprint density at radius 2 is 2.11 bits per heavy atom. The van der Waals surface area contributed by atoms with Gasteiger partial charge in [-0.05, 0) is 44.0 Å². The number of anilines is 1. The standard InChI is InChI=1S/C14H19N3O/c1-12(3-2-9-17-10-8-16-11-17)18-14-6-4-13(15)5-7-14/h4-8,10-12H,2-3,9,15H2,1H3. The van der Waals surface area contributed by atoms with E-state index in [0.717, 1.165) is 30.8 Å². The van der Waals surface area contributed by atoms with Gasteiger partial charge in [-0.25, -0.2) is 4.98 Å². The van der Waals surface area contributed by atoms with Crippen molar-refractivity contribution in [1.29, 1.82) is 0 Å². The first-order chi connectivity index (χ1) is 8.74. The van der Waals surface area contributed by atoms with Crippen LogP contribution >= 0.6 is 0 Å². The number of nitrogens with two attached hydrogens (primary N) is 1. The monoisotopic (exact) mass is 245 g/mol. The number of ether oxygens (including phenoxy) is 1. The highest BCUT2D eigenvalue weighted by molar-refractivity contribution is 5.41. The predicted octanol–water partition coefficient (Wildman–Crippen LogP) is 2.71. The molecule has 1 aromatic heterocycles. The summed E-state index contributed by atoms with van der Waals surface area (Å²) in [6.07, 6.45) is 7.91. The number of benzene rings is 1. The molecule has 2 N–H and O–H groups in total. The van der Waals surface area contributed by atoms with Crippen molar-refractivity contribution < 1.29 is 4.74 Å². The first kappa shape index (κ1) is 12.5. The van der Waals surface area contributed by atoms with Crippen molar-refractivity contribution in [2.75, 3.05) is 5.73 Å². The minimum Gasteiger partial charge on any atom is -0.491 e. The SMILES string of the molecule is CC(CCCn1ccnc1)Oc1ccc(N)cc1. The van der Waals surface area contributed by atoms with Crippen LogP contribution in [-0.4, -0.2) is 15.7 Å². The van der Waals surface area contributed by atoms with Gasteiger partial charge in [-0.2, -0.15) is 0 Å². The normalized spacial score (nSPS) is 12.3. The molecule has 4 nitrogen and oxygen atoms in total. The van der Waals surface area contributed by atoms with Gasteiger partial charge in [-0.15, -0.1) is 0 Å². The molecule has 0 saturated heterocycles. The maximum absolute atomic E-state index is 5.81. The number of aryl methyl sites for hydroxylation is 1. The van der Waals surface area contributed by atoms with Crippen molar-refractivity contribution in [3.63, 3.8) is 0 Å². The van der Waals surface area contributed by atoms with E-state index < -0.39 is 0 Å². The molecular formula is C14H19N3O. The molecule has 1 unspecified atom stereocenters. The molecule has 96 valence electrons. The summed E-state index contributed by atoms with van der Waals surface area (Å²) >= 11 is 0. The van der Waals surface area contributed by atoms with E-state index in [2.05, 4.69) is 16.5 Å². The summed E-state index contributed by atoms with van der Waals surface area (Å²) in [6.45, 7) is 3.07. The largest absolute Gasteiger partial charge is 0.491 e. The van der Waals surface area contributed by atoms with Crippen LogP contribution in [0.25, 0.3) is 0 Å². The van der Waals surface area contributed by atoms with Crippen LogP contribution in [0.1, 0.15) is 19.8 Å². The van der Waals surface area contributed by atoms with Crippen LogP contribution < -0.4 is 10.5 Å². The average molecular weight is 245 g/mol. The number of nitrogen functional groups attached to an aromatic ring is 1. The van der Waals surface area contributed by atoms with Crippen molar-refractivity contribution in [1.82, 2.24) is 9.55 Å². The maximum Gasteiger partial charge on any atom is 0.119 e. The molecule has 0 fully saturated rings. The zero-order valence-corrected chi connectivity index (χ0v) is 10.6. The number of hydrogen-bond donors (Lipinski definition) is 1. The molecule has 4 heteroatoms. The molecular weight excluding hydrogens is 226 g/mol. The summed E-state index contributed by atoms with van der Waals surface area (Å²) < 4.78 is 7.89. The van der Waals surface area contributed by atoms with Gasteiger partial charge in [0.25, 0.3) is 0 Å². The molecule has 0 amide bonds.